The molecular formula is C20H12ClN3O3. The summed E-state index contributed by atoms with van der Waals surface area (Å²) in [7, 11) is 0. The van der Waals surface area contributed by atoms with Crippen LogP contribution in [0.3, 0.4) is 0 Å². The van der Waals surface area contributed by atoms with Gasteiger partial charge in [-0.1, -0.05) is 29.8 Å². The Morgan fingerprint density at radius 2 is 1.67 bits per heavy atom. The van der Waals surface area contributed by atoms with E-state index in [0.717, 1.165) is 22.3 Å². The van der Waals surface area contributed by atoms with Crippen molar-refractivity contribution in [3.8, 4) is 22.8 Å². The van der Waals surface area contributed by atoms with Gasteiger partial charge in [-0.2, -0.15) is 0 Å². The summed E-state index contributed by atoms with van der Waals surface area (Å²) in [5.41, 5.74) is 3.03. The molecule has 0 radical (unpaired) electrons. The van der Waals surface area contributed by atoms with Gasteiger partial charge in [-0.05, 0) is 42.5 Å². The zero-order valence-corrected chi connectivity index (χ0v) is 14.6. The fourth-order valence-electron chi connectivity index (χ4n) is 2.65. The molecule has 4 aromatic rings. The van der Waals surface area contributed by atoms with Gasteiger partial charge >= 0.3 is 5.69 Å². The standard InChI is InChI=1S/C20H12ClN3O3/c21-15-4-3-7-19(24(25)26)20(15)27-14-10-8-13(9-11-14)18-12-22-16-5-1-2-6-17(16)23-18/h1-12H. The van der Waals surface area contributed by atoms with Crippen molar-refractivity contribution in [3.05, 3.63) is 88.1 Å². The smallest absolute Gasteiger partial charge is 0.313 e. The first-order valence-corrected chi connectivity index (χ1v) is 8.42. The molecular weight excluding hydrogens is 366 g/mol. The predicted octanol–water partition coefficient (Wildman–Crippen LogP) is 5.65. The number of ether oxygens (including phenoxy) is 1. The third-order valence-electron chi connectivity index (χ3n) is 3.96. The molecule has 0 saturated heterocycles. The van der Waals surface area contributed by atoms with Crippen LogP contribution in [-0.2, 0) is 0 Å². The Kier molecular flexibility index (Phi) is 4.40. The first-order valence-electron chi connectivity index (χ1n) is 8.05. The molecule has 0 saturated carbocycles. The van der Waals surface area contributed by atoms with E-state index in [1.807, 2.05) is 36.4 Å². The lowest BCUT2D eigenvalue weighted by molar-refractivity contribution is -0.385. The van der Waals surface area contributed by atoms with Gasteiger partial charge in [-0.3, -0.25) is 15.1 Å². The zero-order valence-electron chi connectivity index (χ0n) is 13.9. The van der Waals surface area contributed by atoms with E-state index in [4.69, 9.17) is 16.3 Å². The first kappa shape index (κ1) is 16.9. The highest BCUT2D eigenvalue weighted by Crippen LogP contribution is 2.38. The molecule has 0 aliphatic heterocycles. The van der Waals surface area contributed by atoms with Crippen LogP contribution in [0.15, 0.2) is 72.9 Å². The van der Waals surface area contributed by atoms with Gasteiger partial charge in [0.1, 0.15) is 5.75 Å². The normalized spacial score (nSPS) is 10.7. The van der Waals surface area contributed by atoms with E-state index in [2.05, 4.69) is 9.97 Å². The predicted molar refractivity (Wildman–Crippen MR) is 103 cm³/mol. The van der Waals surface area contributed by atoms with Gasteiger partial charge in [0.2, 0.25) is 5.75 Å². The molecule has 132 valence electrons. The van der Waals surface area contributed by atoms with Crippen LogP contribution in [-0.4, -0.2) is 14.9 Å². The summed E-state index contributed by atoms with van der Waals surface area (Å²) in [6.45, 7) is 0. The summed E-state index contributed by atoms with van der Waals surface area (Å²) in [5, 5.41) is 11.3. The Morgan fingerprint density at radius 3 is 2.41 bits per heavy atom. The van der Waals surface area contributed by atoms with Crippen molar-refractivity contribution in [1.82, 2.24) is 9.97 Å². The van der Waals surface area contributed by atoms with Crippen LogP contribution in [0.4, 0.5) is 5.69 Å². The minimum atomic E-state index is -0.528. The number of hydrogen-bond donors (Lipinski definition) is 0. The SMILES string of the molecule is O=[N+]([O-])c1cccc(Cl)c1Oc1ccc(-c2cnc3ccccc3n2)cc1. The summed E-state index contributed by atoms with van der Waals surface area (Å²) < 4.78 is 5.65. The molecule has 1 heterocycles. The van der Waals surface area contributed by atoms with Crippen LogP contribution in [0.5, 0.6) is 11.5 Å². The minimum Gasteiger partial charge on any atom is -0.449 e. The molecule has 0 aliphatic rings. The summed E-state index contributed by atoms with van der Waals surface area (Å²) in [6.07, 6.45) is 1.71. The maximum Gasteiger partial charge on any atom is 0.313 e. The monoisotopic (exact) mass is 377 g/mol. The number of benzene rings is 3. The van der Waals surface area contributed by atoms with Crippen LogP contribution in [0.2, 0.25) is 5.02 Å². The quantitative estimate of drug-likeness (QED) is 0.339. The third-order valence-corrected chi connectivity index (χ3v) is 4.26. The van der Waals surface area contributed by atoms with Crippen molar-refractivity contribution < 1.29 is 9.66 Å². The highest BCUT2D eigenvalue weighted by atomic mass is 35.5. The second-order valence-electron chi connectivity index (χ2n) is 5.72. The number of fused-ring (bicyclic) bond motifs is 1. The molecule has 1 aromatic heterocycles. The maximum absolute atomic E-state index is 11.2. The fourth-order valence-corrected chi connectivity index (χ4v) is 2.86. The number of nitro groups is 1. The second kappa shape index (κ2) is 7.01. The molecule has 7 heteroatoms. The number of nitrogens with zero attached hydrogens (tertiary/aromatic N) is 3. The Bertz CT molecular complexity index is 1150. The van der Waals surface area contributed by atoms with Crippen molar-refractivity contribution in [2.45, 2.75) is 0 Å². The van der Waals surface area contributed by atoms with Crippen LogP contribution >= 0.6 is 11.6 Å². The molecule has 0 unspecified atom stereocenters. The first-order chi connectivity index (χ1) is 13.1. The highest BCUT2D eigenvalue weighted by Gasteiger charge is 2.19. The lowest BCUT2D eigenvalue weighted by Crippen LogP contribution is -1.94. The number of halogens is 1. The lowest BCUT2D eigenvalue weighted by atomic mass is 10.1. The zero-order chi connectivity index (χ0) is 18.8. The van der Waals surface area contributed by atoms with Gasteiger partial charge < -0.3 is 4.74 Å². The van der Waals surface area contributed by atoms with Crippen molar-refractivity contribution in [3.63, 3.8) is 0 Å². The Balaban J connectivity index is 1.64. The van der Waals surface area contributed by atoms with Gasteiger partial charge in [-0.15, -0.1) is 0 Å². The van der Waals surface area contributed by atoms with E-state index in [-0.39, 0.29) is 16.5 Å². The largest absolute Gasteiger partial charge is 0.449 e. The lowest BCUT2D eigenvalue weighted by Gasteiger charge is -2.09. The van der Waals surface area contributed by atoms with Crippen LogP contribution in [0.1, 0.15) is 0 Å². The van der Waals surface area contributed by atoms with Crippen LogP contribution in [0, 0.1) is 10.1 Å². The molecule has 0 fully saturated rings. The topological polar surface area (TPSA) is 78.2 Å². The number of hydrogen-bond acceptors (Lipinski definition) is 5. The van der Waals surface area contributed by atoms with Gasteiger partial charge in [-0.25, -0.2) is 4.98 Å². The average molecular weight is 378 g/mol. The fraction of sp³-hybridized carbons (Fsp3) is 0. The Morgan fingerprint density at radius 1 is 0.926 bits per heavy atom. The Hall–Kier alpha value is -3.51. The van der Waals surface area contributed by atoms with E-state index in [1.165, 1.54) is 12.1 Å². The van der Waals surface area contributed by atoms with Gasteiger partial charge in [0, 0.05) is 11.6 Å². The Labute approximate surface area is 159 Å². The summed E-state index contributed by atoms with van der Waals surface area (Å²) >= 11 is 6.06. The molecule has 0 aliphatic carbocycles. The molecule has 3 aromatic carbocycles. The van der Waals surface area contributed by atoms with E-state index >= 15 is 0 Å². The average Bonchev–Trinajstić information content (AvgIpc) is 2.69. The third kappa shape index (κ3) is 3.43. The van der Waals surface area contributed by atoms with E-state index < -0.39 is 4.92 Å². The van der Waals surface area contributed by atoms with E-state index in [0.29, 0.717) is 5.75 Å². The highest BCUT2D eigenvalue weighted by molar-refractivity contribution is 6.32. The summed E-state index contributed by atoms with van der Waals surface area (Å²) in [6, 6.07) is 19.1. The molecule has 0 N–H and O–H groups in total. The molecule has 4 rings (SSSR count). The maximum atomic E-state index is 11.2. The number of para-hydroxylation sites is 3. The molecule has 0 amide bonds. The van der Waals surface area contributed by atoms with Gasteiger partial charge in [0.05, 0.1) is 32.9 Å². The van der Waals surface area contributed by atoms with Gasteiger partial charge in [0.15, 0.2) is 0 Å². The molecule has 0 spiro atoms. The molecule has 27 heavy (non-hydrogen) atoms. The summed E-state index contributed by atoms with van der Waals surface area (Å²) in [4.78, 5) is 19.6. The van der Waals surface area contributed by atoms with Crippen LogP contribution in [0.25, 0.3) is 22.3 Å². The summed E-state index contributed by atoms with van der Waals surface area (Å²) in [5.74, 6) is 0.450. The second-order valence-corrected chi connectivity index (χ2v) is 6.12. The molecule has 0 atom stereocenters. The van der Waals surface area contributed by atoms with Crippen molar-refractivity contribution in [2.75, 3.05) is 0 Å². The number of rotatable bonds is 4. The van der Waals surface area contributed by atoms with Crippen molar-refractivity contribution in [1.29, 1.82) is 0 Å². The minimum absolute atomic E-state index is 0.0161. The molecule has 0 bridgehead atoms. The van der Waals surface area contributed by atoms with Crippen LogP contribution < -0.4 is 4.74 Å². The van der Waals surface area contributed by atoms with Crippen molar-refractivity contribution in [2.24, 2.45) is 0 Å². The van der Waals surface area contributed by atoms with E-state index in [1.54, 1.807) is 24.4 Å². The van der Waals surface area contributed by atoms with Gasteiger partial charge in [0.25, 0.3) is 0 Å². The van der Waals surface area contributed by atoms with E-state index in [9.17, 15) is 10.1 Å². The van der Waals surface area contributed by atoms with Crippen molar-refractivity contribution >= 4 is 28.3 Å². The number of aromatic nitrogens is 2. The number of nitro benzene ring substituents is 1. The molecule has 6 nitrogen and oxygen atoms in total.